The van der Waals surface area contributed by atoms with Gasteiger partial charge in [0, 0.05) is 36.3 Å². The molecule has 1 aliphatic heterocycles. The lowest BCUT2D eigenvalue weighted by atomic mass is 9.95. The van der Waals surface area contributed by atoms with Crippen molar-refractivity contribution in [2.24, 2.45) is 0 Å². The fourth-order valence-corrected chi connectivity index (χ4v) is 4.31. The van der Waals surface area contributed by atoms with Crippen LogP contribution in [0.1, 0.15) is 60.4 Å². The molecule has 1 amide bonds. The summed E-state index contributed by atoms with van der Waals surface area (Å²) in [6.45, 7) is 7.83. The first-order valence-electron chi connectivity index (χ1n) is 10.1. The molecule has 0 bridgehead atoms. The van der Waals surface area contributed by atoms with E-state index in [4.69, 9.17) is 10.7 Å². The number of nitrogen functional groups attached to an aromatic ring is 1. The van der Waals surface area contributed by atoms with Gasteiger partial charge in [-0.05, 0) is 63.4 Å². The van der Waals surface area contributed by atoms with Gasteiger partial charge in [0.15, 0.2) is 0 Å². The van der Waals surface area contributed by atoms with Gasteiger partial charge in [-0.25, -0.2) is 4.98 Å². The number of carbonyl (C=O) groups is 1. The number of fused-ring (bicyclic) bond motifs is 1. The number of nitrogens with zero attached hydrogens (tertiary/aromatic N) is 3. The SMILES string of the molecule is Cc1ccc(N)cc1C(=O)N1CCCC(c2nc3ccccc3n2C(C)C)C1. The molecule has 5 nitrogen and oxygen atoms in total. The van der Waals surface area contributed by atoms with Crippen molar-refractivity contribution in [3.8, 4) is 0 Å². The fraction of sp³-hybridized carbons (Fsp3) is 0.391. The van der Waals surface area contributed by atoms with E-state index in [0.717, 1.165) is 36.3 Å². The molecule has 0 aliphatic carbocycles. The number of carbonyl (C=O) groups excluding carboxylic acids is 1. The minimum atomic E-state index is 0.0710. The van der Waals surface area contributed by atoms with E-state index in [2.05, 4.69) is 36.6 Å². The maximum absolute atomic E-state index is 13.2. The van der Waals surface area contributed by atoms with Crippen LogP contribution in [-0.4, -0.2) is 33.4 Å². The van der Waals surface area contributed by atoms with Crippen LogP contribution in [0.4, 0.5) is 5.69 Å². The smallest absolute Gasteiger partial charge is 0.254 e. The third kappa shape index (κ3) is 3.26. The minimum Gasteiger partial charge on any atom is -0.399 e. The lowest BCUT2D eigenvalue weighted by Gasteiger charge is -2.33. The molecule has 5 heteroatoms. The molecule has 2 heterocycles. The molecule has 28 heavy (non-hydrogen) atoms. The van der Waals surface area contributed by atoms with Crippen molar-refractivity contribution in [2.75, 3.05) is 18.8 Å². The maximum Gasteiger partial charge on any atom is 0.254 e. The van der Waals surface area contributed by atoms with Gasteiger partial charge in [-0.1, -0.05) is 18.2 Å². The third-order valence-electron chi connectivity index (χ3n) is 5.71. The number of para-hydroxylation sites is 2. The second-order valence-electron chi connectivity index (χ2n) is 8.09. The summed E-state index contributed by atoms with van der Waals surface area (Å²) in [6.07, 6.45) is 2.04. The van der Waals surface area contributed by atoms with Gasteiger partial charge in [0.1, 0.15) is 5.82 Å². The zero-order chi connectivity index (χ0) is 19.8. The average Bonchev–Trinajstić information content (AvgIpc) is 3.09. The Bertz CT molecular complexity index is 1020. The molecule has 0 spiro atoms. The molecule has 0 saturated carbocycles. The molecule has 0 radical (unpaired) electrons. The average molecular weight is 377 g/mol. The number of hydrogen-bond acceptors (Lipinski definition) is 3. The fourth-order valence-electron chi connectivity index (χ4n) is 4.31. The molecule has 2 aromatic carbocycles. The van der Waals surface area contributed by atoms with Crippen LogP contribution in [0.2, 0.25) is 0 Å². The predicted octanol–water partition coefficient (Wildman–Crippen LogP) is 4.53. The maximum atomic E-state index is 13.2. The largest absolute Gasteiger partial charge is 0.399 e. The molecule has 3 aromatic rings. The van der Waals surface area contributed by atoms with E-state index < -0.39 is 0 Å². The number of likely N-dealkylation sites (tertiary alicyclic amines) is 1. The number of hydrogen-bond donors (Lipinski definition) is 1. The van der Waals surface area contributed by atoms with Crippen molar-refractivity contribution >= 4 is 22.6 Å². The van der Waals surface area contributed by atoms with Crippen LogP contribution in [-0.2, 0) is 0 Å². The van der Waals surface area contributed by atoms with Crippen LogP contribution >= 0.6 is 0 Å². The minimum absolute atomic E-state index is 0.0710. The molecule has 4 rings (SSSR count). The topological polar surface area (TPSA) is 64.2 Å². The third-order valence-corrected chi connectivity index (χ3v) is 5.71. The highest BCUT2D eigenvalue weighted by molar-refractivity contribution is 5.96. The molecule has 1 saturated heterocycles. The summed E-state index contributed by atoms with van der Waals surface area (Å²) in [5.41, 5.74) is 10.4. The molecule has 2 N–H and O–H groups in total. The first-order valence-corrected chi connectivity index (χ1v) is 10.1. The summed E-state index contributed by atoms with van der Waals surface area (Å²) in [6, 6.07) is 14.2. The second kappa shape index (κ2) is 7.30. The zero-order valence-corrected chi connectivity index (χ0v) is 16.9. The lowest BCUT2D eigenvalue weighted by molar-refractivity contribution is 0.0702. The molecule has 1 fully saturated rings. The first kappa shape index (κ1) is 18.5. The van der Waals surface area contributed by atoms with Gasteiger partial charge in [0.2, 0.25) is 0 Å². The van der Waals surface area contributed by atoms with Gasteiger partial charge in [-0.2, -0.15) is 0 Å². The Balaban J connectivity index is 1.66. The molecular formula is C23H28N4O. The summed E-state index contributed by atoms with van der Waals surface area (Å²) in [5, 5.41) is 0. The monoisotopic (exact) mass is 376 g/mol. The van der Waals surface area contributed by atoms with E-state index in [-0.39, 0.29) is 11.8 Å². The zero-order valence-electron chi connectivity index (χ0n) is 16.9. The van der Waals surface area contributed by atoms with Gasteiger partial charge in [0.25, 0.3) is 5.91 Å². The lowest BCUT2D eigenvalue weighted by Crippen LogP contribution is -2.40. The summed E-state index contributed by atoms with van der Waals surface area (Å²) in [7, 11) is 0. The number of amides is 1. The van der Waals surface area contributed by atoms with E-state index in [1.54, 1.807) is 6.07 Å². The van der Waals surface area contributed by atoms with Gasteiger partial charge in [0.05, 0.1) is 11.0 Å². The Morgan fingerprint density at radius 2 is 2.00 bits per heavy atom. The van der Waals surface area contributed by atoms with Crippen LogP contribution in [0, 0.1) is 6.92 Å². The molecule has 1 unspecified atom stereocenters. The van der Waals surface area contributed by atoms with Gasteiger partial charge in [-0.15, -0.1) is 0 Å². The Hall–Kier alpha value is -2.82. The number of piperidine rings is 1. The molecule has 1 atom stereocenters. The number of benzene rings is 2. The predicted molar refractivity (Wildman–Crippen MR) is 114 cm³/mol. The number of anilines is 1. The van der Waals surface area contributed by atoms with Crippen LogP contribution in [0.5, 0.6) is 0 Å². The summed E-state index contributed by atoms with van der Waals surface area (Å²) < 4.78 is 2.33. The summed E-state index contributed by atoms with van der Waals surface area (Å²) in [4.78, 5) is 20.1. The van der Waals surface area contributed by atoms with Crippen LogP contribution < -0.4 is 5.73 Å². The van der Waals surface area contributed by atoms with Gasteiger partial charge < -0.3 is 15.2 Å². The summed E-state index contributed by atoms with van der Waals surface area (Å²) >= 11 is 0. The normalized spacial score (nSPS) is 17.4. The Morgan fingerprint density at radius 1 is 1.21 bits per heavy atom. The molecule has 1 aromatic heterocycles. The van der Waals surface area contributed by atoms with E-state index in [1.807, 2.05) is 30.0 Å². The quantitative estimate of drug-likeness (QED) is 0.683. The van der Waals surface area contributed by atoms with Crippen molar-refractivity contribution in [1.82, 2.24) is 14.5 Å². The molecular weight excluding hydrogens is 348 g/mol. The number of rotatable bonds is 3. The van der Waals surface area contributed by atoms with E-state index in [0.29, 0.717) is 23.8 Å². The van der Waals surface area contributed by atoms with E-state index in [9.17, 15) is 4.79 Å². The van der Waals surface area contributed by atoms with Crippen molar-refractivity contribution in [1.29, 1.82) is 0 Å². The Labute approximate surface area is 166 Å². The van der Waals surface area contributed by atoms with Gasteiger partial charge in [-0.3, -0.25) is 4.79 Å². The standard InChI is InChI=1S/C23H28N4O/c1-15(2)27-21-9-5-4-8-20(21)25-22(27)17-7-6-12-26(14-17)23(28)19-13-18(24)11-10-16(19)3/h4-5,8-11,13,15,17H,6-7,12,14,24H2,1-3H3. The van der Waals surface area contributed by atoms with Crippen LogP contribution in [0.3, 0.4) is 0 Å². The highest BCUT2D eigenvalue weighted by Crippen LogP contribution is 2.32. The first-order chi connectivity index (χ1) is 13.5. The highest BCUT2D eigenvalue weighted by atomic mass is 16.2. The number of aromatic nitrogens is 2. The van der Waals surface area contributed by atoms with Crippen molar-refractivity contribution in [2.45, 2.75) is 45.6 Å². The van der Waals surface area contributed by atoms with Crippen molar-refractivity contribution in [3.05, 3.63) is 59.4 Å². The molecule has 1 aliphatic rings. The van der Waals surface area contributed by atoms with Crippen molar-refractivity contribution < 1.29 is 4.79 Å². The number of imidazole rings is 1. The Kier molecular flexibility index (Phi) is 4.84. The van der Waals surface area contributed by atoms with Gasteiger partial charge >= 0.3 is 0 Å². The highest BCUT2D eigenvalue weighted by Gasteiger charge is 2.30. The number of aryl methyl sites for hydroxylation is 1. The van der Waals surface area contributed by atoms with Crippen LogP contribution in [0.25, 0.3) is 11.0 Å². The van der Waals surface area contributed by atoms with E-state index in [1.165, 1.54) is 5.52 Å². The second-order valence-corrected chi connectivity index (χ2v) is 8.09. The summed E-state index contributed by atoms with van der Waals surface area (Å²) in [5.74, 6) is 1.41. The van der Waals surface area contributed by atoms with E-state index >= 15 is 0 Å². The number of nitrogens with two attached hydrogens (primary N) is 1. The Morgan fingerprint density at radius 3 is 2.79 bits per heavy atom. The molecule has 146 valence electrons. The van der Waals surface area contributed by atoms with Crippen LogP contribution in [0.15, 0.2) is 42.5 Å². The van der Waals surface area contributed by atoms with Crippen molar-refractivity contribution in [3.63, 3.8) is 0 Å².